The van der Waals surface area contributed by atoms with Crippen molar-refractivity contribution in [2.24, 2.45) is 17.3 Å². The van der Waals surface area contributed by atoms with Crippen molar-refractivity contribution >= 4 is 17.7 Å². The summed E-state index contributed by atoms with van der Waals surface area (Å²) in [5.41, 5.74) is -0.0976. The molecule has 17 heavy (non-hydrogen) atoms. The quantitative estimate of drug-likeness (QED) is 0.826. The Morgan fingerprint density at radius 1 is 1.35 bits per heavy atom. The molecule has 2 rings (SSSR count). The van der Waals surface area contributed by atoms with Gasteiger partial charge in [-0.05, 0) is 28.9 Å². The van der Waals surface area contributed by atoms with E-state index < -0.39 is 5.97 Å². The highest BCUT2D eigenvalue weighted by Gasteiger charge is 2.60. The lowest BCUT2D eigenvalue weighted by atomic mass is 10.1. The predicted molar refractivity (Wildman–Crippen MR) is 69.8 cm³/mol. The molecule has 2 nitrogen and oxygen atoms in total. The predicted octanol–water partition coefficient (Wildman–Crippen LogP) is 3.65. The number of benzene rings is 1. The van der Waals surface area contributed by atoms with E-state index in [-0.39, 0.29) is 17.3 Å². The van der Waals surface area contributed by atoms with Crippen LogP contribution >= 0.6 is 11.8 Å². The zero-order chi connectivity index (χ0) is 12.5. The summed E-state index contributed by atoms with van der Waals surface area (Å²) in [7, 11) is 0. The fraction of sp³-hybridized carbons (Fsp3) is 0.357. The van der Waals surface area contributed by atoms with Crippen LogP contribution < -0.4 is 0 Å². The van der Waals surface area contributed by atoms with Crippen LogP contribution in [0.15, 0.2) is 46.7 Å². The molecule has 0 radical (unpaired) electrons. The van der Waals surface area contributed by atoms with Crippen molar-refractivity contribution in [3.05, 3.63) is 41.8 Å². The zero-order valence-electron chi connectivity index (χ0n) is 9.96. The first-order valence-electron chi connectivity index (χ1n) is 5.64. The minimum absolute atomic E-state index is 0.0976. The maximum absolute atomic E-state index is 11.0. The third kappa shape index (κ3) is 2.55. The number of carbonyl (C=O) groups is 1. The highest BCUT2D eigenvalue weighted by atomic mass is 32.2. The lowest BCUT2D eigenvalue weighted by molar-refractivity contribution is -0.139. The molecule has 0 aromatic heterocycles. The molecule has 1 aliphatic rings. The van der Waals surface area contributed by atoms with E-state index in [0.29, 0.717) is 0 Å². The standard InChI is InChI=1S/C14H16O2S/c1-14(2)11(12(14)13(15)16)8-9-17-10-6-4-3-5-7-10/h3-9,11-12H,1-2H3,(H,15,16)/b9-8+/t11-,12-/m0/s1. The molecule has 0 aliphatic heterocycles. The van der Waals surface area contributed by atoms with Crippen LogP contribution in [0.3, 0.4) is 0 Å². The molecule has 1 aliphatic carbocycles. The van der Waals surface area contributed by atoms with E-state index in [9.17, 15) is 4.79 Å². The molecular weight excluding hydrogens is 232 g/mol. The molecule has 1 N–H and O–H groups in total. The molecule has 1 aromatic carbocycles. The van der Waals surface area contributed by atoms with E-state index in [1.807, 2.05) is 55.7 Å². The molecule has 1 aromatic rings. The van der Waals surface area contributed by atoms with Gasteiger partial charge in [-0.3, -0.25) is 4.79 Å². The van der Waals surface area contributed by atoms with E-state index in [0.717, 1.165) is 0 Å². The van der Waals surface area contributed by atoms with Gasteiger partial charge < -0.3 is 5.11 Å². The third-order valence-electron chi connectivity index (χ3n) is 3.41. The molecule has 90 valence electrons. The summed E-state index contributed by atoms with van der Waals surface area (Å²) >= 11 is 1.63. The third-order valence-corrected chi connectivity index (χ3v) is 4.25. The van der Waals surface area contributed by atoms with Crippen molar-refractivity contribution in [2.45, 2.75) is 18.7 Å². The average Bonchev–Trinajstić information content (AvgIpc) is 2.82. The number of rotatable bonds is 4. The van der Waals surface area contributed by atoms with Gasteiger partial charge >= 0.3 is 5.97 Å². The monoisotopic (exact) mass is 248 g/mol. The summed E-state index contributed by atoms with van der Waals surface area (Å²) in [6.07, 6.45) is 2.02. The summed E-state index contributed by atoms with van der Waals surface area (Å²) in [5.74, 6) is -0.749. The lowest BCUT2D eigenvalue weighted by Crippen LogP contribution is -2.02. The van der Waals surface area contributed by atoms with Crippen molar-refractivity contribution in [1.29, 1.82) is 0 Å². The first-order valence-corrected chi connectivity index (χ1v) is 6.52. The molecule has 1 fully saturated rings. The topological polar surface area (TPSA) is 37.3 Å². The number of carboxylic acid groups (broad SMARTS) is 1. The van der Waals surface area contributed by atoms with Crippen LogP contribution in [0.2, 0.25) is 0 Å². The van der Waals surface area contributed by atoms with E-state index in [1.165, 1.54) is 4.90 Å². The van der Waals surface area contributed by atoms with Crippen molar-refractivity contribution in [2.75, 3.05) is 0 Å². The maximum Gasteiger partial charge on any atom is 0.307 e. The first-order chi connectivity index (χ1) is 8.03. The van der Waals surface area contributed by atoms with Gasteiger partial charge in [0.25, 0.3) is 0 Å². The van der Waals surface area contributed by atoms with Gasteiger partial charge in [-0.2, -0.15) is 0 Å². The van der Waals surface area contributed by atoms with Crippen LogP contribution in [-0.2, 0) is 4.79 Å². The van der Waals surface area contributed by atoms with Gasteiger partial charge in [0.1, 0.15) is 0 Å². The fourth-order valence-corrected chi connectivity index (χ4v) is 2.93. The lowest BCUT2D eigenvalue weighted by Gasteiger charge is -1.97. The minimum atomic E-state index is -0.686. The Bertz CT molecular complexity index is 437. The fourth-order valence-electron chi connectivity index (χ4n) is 2.21. The molecule has 3 heteroatoms. The molecular formula is C14H16O2S. The van der Waals surface area contributed by atoms with Crippen LogP contribution in [0, 0.1) is 17.3 Å². The maximum atomic E-state index is 11.0. The second-order valence-electron chi connectivity index (χ2n) is 4.92. The van der Waals surface area contributed by atoms with Crippen LogP contribution in [-0.4, -0.2) is 11.1 Å². The Labute approximate surface area is 106 Å². The SMILES string of the molecule is CC1(C)[C@H](C(=O)O)[C@@H]1/C=C/Sc1ccccc1. The molecule has 0 unspecified atom stereocenters. The van der Waals surface area contributed by atoms with Crippen LogP contribution in [0.4, 0.5) is 0 Å². The summed E-state index contributed by atoms with van der Waals surface area (Å²) in [6, 6.07) is 10.1. The number of hydrogen-bond donors (Lipinski definition) is 1. The number of carboxylic acids is 1. The molecule has 0 saturated heterocycles. The van der Waals surface area contributed by atoms with Gasteiger partial charge in [-0.1, -0.05) is 49.9 Å². The van der Waals surface area contributed by atoms with Gasteiger partial charge in [-0.15, -0.1) is 0 Å². The molecule has 1 saturated carbocycles. The largest absolute Gasteiger partial charge is 0.481 e. The van der Waals surface area contributed by atoms with E-state index in [2.05, 4.69) is 0 Å². The Morgan fingerprint density at radius 2 is 2.00 bits per heavy atom. The number of thioether (sulfide) groups is 1. The van der Waals surface area contributed by atoms with E-state index >= 15 is 0 Å². The summed E-state index contributed by atoms with van der Waals surface area (Å²) < 4.78 is 0. The summed E-state index contributed by atoms with van der Waals surface area (Å²) in [5, 5.41) is 11.0. The van der Waals surface area contributed by atoms with Crippen LogP contribution in [0.5, 0.6) is 0 Å². The molecule has 0 amide bonds. The van der Waals surface area contributed by atoms with Crippen molar-refractivity contribution in [3.63, 3.8) is 0 Å². The van der Waals surface area contributed by atoms with Gasteiger partial charge in [0, 0.05) is 4.90 Å². The zero-order valence-corrected chi connectivity index (χ0v) is 10.8. The van der Waals surface area contributed by atoms with Crippen molar-refractivity contribution < 1.29 is 9.90 Å². The normalized spacial score (nSPS) is 26.0. The molecule has 0 heterocycles. The average molecular weight is 248 g/mol. The number of allylic oxidation sites excluding steroid dienone is 1. The Morgan fingerprint density at radius 3 is 2.53 bits per heavy atom. The number of aliphatic carboxylic acids is 1. The van der Waals surface area contributed by atoms with Gasteiger partial charge in [0.2, 0.25) is 0 Å². The summed E-state index contributed by atoms with van der Waals surface area (Å²) in [6.45, 7) is 4.02. The Kier molecular flexibility index (Phi) is 3.29. The molecule has 0 bridgehead atoms. The van der Waals surface area contributed by atoms with E-state index in [1.54, 1.807) is 11.8 Å². The Balaban J connectivity index is 1.93. The highest BCUT2D eigenvalue weighted by Crippen LogP contribution is 2.59. The minimum Gasteiger partial charge on any atom is -0.481 e. The number of hydrogen-bond acceptors (Lipinski definition) is 2. The van der Waals surface area contributed by atoms with Crippen LogP contribution in [0.25, 0.3) is 0 Å². The molecule has 0 spiro atoms. The highest BCUT2D eigenvalue weighted by molar-refractivity contribution is 8.02. The van der Waals surface area contributed by atoms with Crippen molar-refractivity contribution in [3.8, 4) is 0 Å². The summed E-state index contributed by atoms with van der Waals surface area (Å²) in [4.78, 5) is 12.2. The van der Waals surface area contributed by atoms with Crippen molar-refractivity contribution in [1.82, 2.24) is 0 Å². The first kappa shape index (κ1) is 12.2. The van der Waals surface area contributed by atoms with Gasteiger partial charge in [0.05, 0.1) is 5.92 Å². The van der Waals surface area contributed by atoms with Gasteiger partial charge in [-0.25, -0.2) is 0 Å². The molecule has 2 atom stereocenters. The smallest absolute Gasteiger partial charge is 0.307 e. The Hall–Kier alpha value is -1.22. The second kappa shape index (κ2) is 4.57. The second-order valence-corrected chi connectivity index (χ2v) is 5.90. The van der Waals surface area contributed by atoms with Crippen LogP contribution in [0.1, 0.15) is 13.8 Å². The van der Waals surface area contributed by atoms with Gasteiger partial charge in [0.15, 0.2) is 0 Å². The van der Waals surface area contributed by atoms with E-state index in [4.69, 9.17) is 5.11 Å².